The molecule has 5 heterocycles. The van der Waals surface area contributed by atoms with Gasteiger partial charge < -0.3 is 19.9 Å². The van der Waals surface area contributed by atoms with Gasteiger partial charge >= 0.3 is 12.2 Å². The third kappa shape index (κ3) is 4.95. The van der Waals surface area contributed by atoms with Crippen molar-refractivity contribution >= 4 is 28.5 Å². The zero-order chi connectivity index (χ0) is 28.0. The molecule has 40 heavy (non-hydrogen) atoms. The normalized spacial score (nSPS) is 20.0. The van der Waals surface area contributed by atoms with Crippen molar-refractivity contribution in [2.75, 3.05) is 38.6 Å². The van der Waals surface area contributed by atoms with E-state index in [0.717, 1.165) is 17.5 Å². The maximum atomic E-state index is 15.1. The Bertz CT molecular complexity index is 1550. The Morgan fingerprint density at radius 2 is 1.95 bits per heavy atom. The number of hydrogen-bond acceptors (Lipinski definition) is 7. The van der Waals surface area contributed by atoms with E-state index >= 15 is 4.39 Å². The summed E-state index contributed by atoms with van der Waals surface area (Å²) < 4.78 is 62.0. The standard InChI is InChI=1S/C25H27F4N9O2/c1-40-22-21-16(15-4-5-19-20(12-15)38(34-32-19)14-25(27,28)29)6-11-37(21)33-23(31-22)30-18-7-10-36(13-17(18)26)24(39)35-8-2-3-9-35/h4-6,11-12,17-18H,2-3,7-10,13-14H2,1H3,(H,30,33)/t17-,18+/m1/s1. The number of halogens is 4. The van der Waals surface area contributed by atoms with Crippen molar-refractivity contribution in [1.82, 2.24) is 39.4 Å². The SMILES string of the molecule is COc1nc(N[C@H]2CCN(C(=O)N3CCCC3)C[C@H]2F)nn2ccc(-c3ccc4nnn(CC(F)(F)F)c4c3)c12. The van der Waals surface area contributed by atoms with Crippen molar-refractivity contribution in [3.63, 3.8) is 0 Å². The second kappa shape index (κ2) is 10.1. The van der Waals surface area contributed by atoms with Crippen molar-refractivity contribution < 1.29 is 27.1 Å². The van der Waals surface area contributed by atoms with Crippen molar-refractivity contribution in [1.29, 1.82) is 0 Å². The number of urea groups is 1. The Labute approximate surface area is 225 Å². The number of amides is 2. The minimum atomic E-state index is -4.45. The Kier molecular flexibility index (Phi) is 6.58. The van der Waals surface area contributed by atoms with E-state index in [9.17, 15) is 18.0 Å². The van der Waals surface area contributed by atoms with Crippen LogP contribution in [0.2, 0.25) is 0 Å². The van der Waals surface area contributed by atoms with Crippen molar-refractivity contribution in [3.8, 4) is 17.0 Å². The van der Waals surface area contributed by atoms with E-state index < -0.39 is 24.9 Å². The first kappa shape index (κ1) is 26.1. The smallest absolute Gasteiger partial charge is 0.408 e. The van der Waals surface area contributed by atoms with Crippen LogP contribution >= 0.6 is 0 Å². The number of rotatable bonds is 5. The average Bonchev–Trinajstić information content (AvgIpc) is 3.68. The number of benzene rings is 1. The molecule has 3 aromatic heterocycles. The Balaban J connectivity index is 1.24. The summed E-state index contributed by atoms with van der Waals surface area (Å²) in [5.74, 6) is 0.359. The fourth-order valence-electron chi connectivity index (χ4n) is 5.36. The lowest BCUT2D eigenvalue weighted by molar-refractivity contribution is -0.142. The van der Waals surface area contributed by atoms with Crippen LogP contribution in [0.1, 0.15) is 19.3 Å². The molecule has 0 bridgehead atoms. The Morgan fingerprint density at radius 3 is 2.67 bits per heavy atom. The molecule has 2 amide bonds. The Morgan fingerprint density at radius 1 is 1.15 bits per heavy atom. The van der Waals surface area contributed by atoms with Crippen LogP contribution in [0, 0.1) is 0 Å². The van der Waals surface area contributed by atoms with Crippen molar-refractivity contribution in [2.45, 2.75) is 44.2 Å². The van der Waals surface area contributed by atoms with Gasteiger partial charge in [0.05, 0.1) is 25.2 Å². The van der Waals surface area contributed by atoms with E-state index in [2.05, 4.69) is 25.7 Å². The molecule has 11 nitrogen and oxygen atoms in total. The molecule has 0 spiro atoms. The van der Waals surface area contributed by atoms with E-state index in [-0.39, 0.29) is 29.9 Å². The highest BCUT2D eigenvalue weighted by Gasteiger charge is 2.35. The molecule has 2 aliphatic rings. The zero-order valence-corrected chi connectivity index (χ0v) is 21.6. The maximum absolute atomic E-state index is 15.1. The number of carbonyl (C=O) groups excluding carboxylic acids is 1. The minimum Gasteiger partial charge on any atom is -0.479 e. The van der Waals surface area contributed by atoms with Gasteiger partial charge in [-0.05, 0) is 43.0 Å². The number of likely N-dealkylation sites (tertiary alicyclic amines) is 2. The van der Waals surface area contributed by atoms with Gasteiger partial charge in [-0.2, -0.15) is 18.2 Å². The van der Waals surface area contributed by atoms with Gasteiger partial charge in [0.25, 0.3) is 0 Å². The molecular weight excluding hydrogens is 534 g/mol. The van der Waals surface area contributed by atoms with Crippen LogP contribution in [0.3, 0.4) is 0 Å². The summed E-state index contributed by atoms with van der Waals surface area (Å²) >= 11 is 0. The van der Waals surface area contributed by atoms with Gasteiger partial charge in [0, 0.05) is 31.4 Å². The van der Waals surface area contributed by atoms with Crippen LogP contribution in [0.25, 0.3) is 27.7 Å². The summed E-state index contributed by atoms with van der Waals surface area (Å²) in [6.45, 7) is 0.571. The summed E-state index contributed by atoms with van der Waals surface area (Å²) in [7, 11) is 1.44. The molecule has 2 aliphatic heterocycles. The number of nitrogens with zero attached hydrogens (tertiary/aromatic N) is 8. The first-order valence-corrected chi connectivity index (χ1v) is 13.0. The lowest BCUT2D eigenvalue weighted by atomic mass is 10.0. The number of carbonyl (C=O) groups is 1. The zero-order valence-electron chi connectivity index (χ0n) is 21.6. The van der Waals surface area contributed by atoms with E-state index in [1.54, 1.807) is 40.3 Å². The quantitative estimate of drug-likeness (QED) is 0.370. The van der Waals surface area contributed by atoms with Gasteiger partial charge in [-0.3, -0.25) is 0 Å². The largest absolute Gasteiger partial charge is 0.479 e. The number of nitrogens with one attached hydrogen (secondary N) is 1. The highest BCUT2D eigenvalue weighted by Crippen LogP contribution is 2.33. The van der Waals surface area contributed by atoms with E-state index in [1.807, 2.05) is 0 Å². The van der Waals surface area contributed by atoms with Crippen LogP contribution in [-0.2, 0) is 6.54 Å². The molecule has 4 aromatic rings. The monoisotopic (exact) mass is 561 g/mol. The molecule has 0 unspecified atom stereocenters. The summed E-state index contributed by atoms with van der Waals surface area (Å²) in [6.07, 6.45) is -1.76. The highest BCUT2D eigenvalue weighted by atomic mass is 19.4. The lowest BCUT2D eigenvalue weighted by Crippen LogP contribution is -2.53. The number of alkyl halides is 4. The first-order chi connectivity index (χ1) is 19.2. The van der Waals surface area contributed by atoms with Crippen LogP contribution < -0.4 is 10.1 Å². The average molecular weight is 562 g/mol. The van der Waals surface area contributed by atoms with Gasteiger partial charge in [0.1, 0.15) is 23.7 Å². The molecule has 0 saturated carbocycles. The second-order valence-corrected chi connectivity index (χ2v) is 10.0. The number of methoxy groups -OCH3 is 1. The first-order valence-electron chi connectivity index (χ1n) is 13.0. The van der Waals surface area contributed by atoms with Crippen LogP contribution in [0.5, 0.6) is 5.88 Å². The topological polar surface area (TPSA) is 106 Å². The molecule has 2 saturated heterocycles. The molecule has 0 radical (unpaired) electrons. The minimum absolute atomic E-state index is 0.0116. The molecule has 2 atom stereocenters. The summed E-state index contributed by atoms with van der Waals surface area (Å²) in [5, 5.41) is 15.0. The number of ether oxygens (including phenoxy) is 1. The molecule has 1 aromatic carbocycles. The van der Waals surface area contributed by atoms with Gasteiger partial charge in [-0.25, -0.2) is 18.4 Å². The summed E-state index contributed by atoms with van der Waals surface area (Å²) in [5.41, 5.74) is 2.28. The van der Waals surface area contributed by atoms with Crippen LogP contribution in [0.4, 0.5) is 28.3 Å². The predicted octanol–water partition coefficient (Wildman–Crippen LogP) is 3.75. The number of fused-ring (bicyclic) bond motifs is 2. The third-order valence-electron chi connectivity index (χ3n) is 7.33. The number of hydrogen-bond donors (Lipinski definition) is 1. The van der Waals surface area contributed by atoms with E-state index in [0.29, 0.717) is 48.2 Å². The fraction of sp³-hybridized carbons (Fsp3) is 0.480. The van der Waals surface area contributed by atoms with Crippen LogP contribution in [0.15, 0.2) is 30.5 Å². The highest BCUT2D eigenvalue weighted by molar-refractivity contribution is 5.89. The molecule has 15 heteroatoms. The second-order valence-electron chi connectivity index (χ2n) is 10.0. The predicted molar refractivity (Wildman–Crippen MR) is 137 cm³/mol. The van der Waals surface area contributed by atoms with E-state index in [1.165, 1.54) is 11.6 Å². The maximum Gasteiger partial charge on any atom is 0.408 e. The third-order valence-corrected chi connectivity index (χ3v) is 7.33. The molecule has 6 rings (SSSR count). The van der Waals surface area contributed by atoms with Gasteiger partial charge in [-0.1, -0.05) is 11.3 Å². The molecular formula is C25H27F4N9O2. The van der Waals surface area contributed by atoms with Crippen molar-refractivity contribution in [3.05, 3.63) is 30.5 Å². The number of piperidine rings is 1. The summed E-state index contributed by atoms with van der Waals surface area (Å²) in [6, 6.07) is 5.93. The fourth-order valence-corrected chi connectivity index (χ4v) is 5.36. The van der Waals surface area contributed by atoms with E-state index in [4.69, 9.17) is 4.74 Å². The van der Waals surface area contributed by atoms with Gasteiger partial charge in [-0.15, -0.1) is 10.2 Å². The Hall–Kier alpha value is -4.17. The van der Waals surface area contributed by atoms with Crippen molar-refractivity contribution in [2.24, 2.45) is 0 Å². The molecule has 1 N–H and O–H groups in total. The van der Waals surface area contributed by atoms with Gasteiger partial charge in [0.2, 0.25) is 11.8 Å². The van der Waals surface area contributed by atoms with Gasteiger partial charge in [0.15, 0.2) is 0 Å². The number of aromatic nitrogens is 6. The number of anilines is 1. The molecule has 0 aliphatic carbocycles. The molecule has 212 valence electrons. The lowest BCUT2D eigenvalue weighted by Gasteiger charge is -2.36. The molecule has 2 fully saturated rings. The van der Waals surface area contributed by atoms with Crippen LogP contribution in [-0.4, -0.2) is 97.1 Å². The summed E-state index contributed by atoms with van der Waals surface area (Å²) in [4.78, 5) is 20.4.